The number of rotatable bonds is 12. The fraction of sp³-hybridized carbons (Fsp3) is 0.462. The first kappa shape index (κ1) is 32.1. The van der Waals surface area contributed by atoms with Crippen molar-refractivity contribution in [2.45, 2.75) is 43.5 Å². The van der Waals surface area contributed by atoms with Gasteiger partial charge in [0, 0.05) is 26.2 Å². The predicted octanol–water partition coefficient (Wildman–Crippen LogP) is 2.32. The van der Waals surface area contributed by atoms with E-state index in [1.807, 2.05) is 31.2 Å². The van der Waals surface area contributed by atoms with Gasteiger partial charge in [-0.3, -0.25) is 14.8 Å². The van der Waals surface area contributed by atoms with Crippen LogP contribution < -0.4 is 15.0 Å². The fourth-order valence-electron chi connectivity index (χ4n) is 4.46. The van der Waals surface area contributed by atoms with Gasteiger partial charge < -0.3 is 19.5 Å². The van der Waals surface area contributed by atoms with Crippen molar-refractivity contribution >= 4 is 21.8 Å². The van der Waals surface area contributed by atoms with E-state index in [1.54, 1.807) is 0 Å². The molecule has 0 aromatic heterocycles. The molecule has 1 aliphatic rings. The Morgan fingerprint density at radius 1 is 1.00 bits per heavy atom. The van der Waals surface area contributed by atoms with Gasteiger partial charge in [0.15, 0.2) is 0 Å². The second-order valence-electron chi connectivity index (χ2n) is 9.25. The number of piperazine rings is 1. The number of hydroxylamine groups is 1. The molecule has 2 aromatic carbocycles. The number of hydrogen-bond donors (Lipinski definition) is 3. The number of sulfonamides is 1. The van der Waals surface area contributed by atoms with Gasteiger partial charge in [0.2, 0.25) is 15.9 Å². The van der Waals surface area contributed by atoms with Crippen LogP contribution in [0.3, 0.4) is 0 Å². The SMILES string of the molecule is CCOc1ccc(CCC[C@@H](C(=O)N2CCN(S(=O)(=O)c3ccc(OC(F)(F)F)cc3)CC2)[C@H](O)C(=O)NO)cc1. The number of halogens is 3. The number of aliphatic hydroxyl groups is 1. The highest BCUT2D eigenvalue weighted by atomic mass is 32.2. The van der Waals surface area contributed by atoms with Crippen LogP contribution in [0.4, 0.5) is 13.2 Å². The number of carbonyl (C=O) groups is 2. The first-order chi connectivity index (χ1) is 19.4. The number of ether oxygens (including phenoxy) is 2. The van der Waals surface area contributed by atoms with Crippen LogP contribution in [0.5, 0.6) is 11.5 Å². The molecule has 1 aliphatic heterocycles. The first-order valence-electron chi connectivity index (χ1n) is 12.8. The molecule has 0 bridgehead atoms. The second kappa shape index (κ2) is 14.0. The average molecular weight is 604 g/mol. The molecule has 2 amide bonds. The molecule has 0 spiro atoms. The summed E-state index contributed by atoms with van der Waals surface area (Å²) in [5.41, 5.74) is 2.31. The highest BCUT2D eigenvalue weighted by Gasteiger charge is 2.37. The summed E-state index contributed by atoms with van der Waals surface area (Å²) >= 11 is 0. The van der Waals surface area contributed by atoms with Crippen molar-refractivity contribution in [2.24, 2.45) is 5.92 Å². The molecule has 2 atom stereocenters. The molecule has 15 heteroatoms. The molecule has 0 saturated carbocycles. The number of aliphatic hydroxyl groups excluding tert-OH is 1. The van der Waals surface area contributed by atoms with Gasteiger partial charge >= 0.3 is 6.36 Å². The Balaban J connectivity index is 1.62. The summed E-state index contributed by atoms with van der Waals surface area (Å²) < 4.78 is 73.4. The lowest BCUT2D eigenvalue weighted by atomic mass is 9.92. The third-order valence-electron chi connectivity index (χ3n) is 6.54. The minimum absolute atomic E-state index is 0.0454. The molecule has 11 nitrogen and oxygen atoms in total. The molecule has 0 radical (unpaired) electrons. The van der Waals surface area contributed by atoms with Gasteiger partial charge in [0.1, 0.15) is 17.6 Å². The molecule has 3 N–H and O–H groups in total. The van der Waals surface area contributed by atoms with E-state index in [1.165, 1.54) is 10.4 Å². The van der Waals surface area contributed by atoms with E-state index >= 15 is 0 Å². The number of alkyl halides is 3. The van der Waals surface area contributed by atoms with Crippen molar-refractivity contribution in [1.82, 2.24) is 14.7 Å². The molecule has 41 heavy (non-hydrogen) atoms. The van der Waals surface area contributed by atoms with Crippen molar-refractivity contribution < 1.29 is 51.0 Å². The summed E-state index contributed by atoms with van der Waals surface area (Å²) in [6.45, 7) is 2.08. The number of carbonyl (C=O) groups excluding carboxylic acids is 2. The topological polar surface area (TPSA) is 146 Å². The quantitative estimate of drug-likeness (QED) is 0.248. The lowest BCUT2D eigenvalue weighted by molar-refractivity contribution is -0.274. The van der Waals surface area contributed by atoms with Crippen LogP contribution in [0.15, 0.2) is 53.4 Å². The lowest BCUT2D eigenvalue weighted by Crippen LogP contribution is -2.54. The number of benzene rings is 2. The van der Waals surface area contributed by atoms with Crippen LogP contribution >= 0.6 is 0 Å². The zero-order chi connectivity index (χ0) is 30.2. The Kier molecular flexibility index (Phi) is 11.0. The summed E-state index contributed by atoms with van der Waals surface area (Å²) in [7, 11) is -4.07. The third kappa shape index (κ3) is 8.79. The monoisotopic (exact) mass is 603 g/mol. The van der Waals surface area contributed by atoms with Crippen molar-refractivity contribution in [3.05, 3.63) is 54.1 Å². The molecule has 226 valence electrons. The van der Waals surface area contributed by atoms with Crippen LogP contribution in [0, 0.1) is 5.92 Å². The average Bonchev–Trinajstić information content (AvgIpc) is 2.95. The Bertz CT molecular complexity index is 1270. The maximum absolute atomic E-state index is 13.3. The zero-order valence-corrected chi connectivity index (χ0v) is 23.0. The molecule has 2 aromatic rings. The van der Waals surface area contributed by atoms with Gasteiger partial charge in [-0.15, -0.1) is 13.2 Å². The highest BCUT2D eigenvalue weighted by Crippen LogP contribution is 2.26. The Morgan fingerprint density at radius 3 is 2.12 bits per heavy atom. The molecule has 0 unspecified atom stereocenters. The summed E-state index contributed by atoms with van der Waals surface area (Å²) in [6.07, 6.45) is -5.65. The van der Waals surface area contributed by atoms with Gasteiger partial charge in [-0.1, -0.05) is 12.1 Å². The highest BCUT2D eigenvalue weighted by molar-refractivity contribution is 7.89. The lowest BCUT2D eigenvalue weighted by Gasteiger charge is -2.36. The normalized spacial score (nSPS) is 16.1. The number of nitrogens with zero attached hydrogens (tertiary/aromatic N) is 2. The van der Waals surface area contributed by atoms with Crippen molar-refractivity contribution in [3.63, 3.8) is 0 Å². The van der Waals surface area contributed by atoms with E-state index in [0.717, 1.165) is 34.1 Å². The predicted molar refractivity (Wildman–Crippen MR) is 138 cm³/mol. The summed E-state index contributed by atoms with van der Waals surface area (Å²) in [5, 5.41) is 19.5. The number of aryl methyl sites for hydroxylation is 1. The van der Waals surface area contributed by atoms with Gasteiger partial charge in [-0.25, -0.2) is 13.9 Å². The van der Waals surface area contributed by atoms with E-state index < -0.39 is 46.0 Å². The van der Waals surface area contributed by atoms with Gasteiger partial charge in [-0.2, -0.15) is 4.31 Å². The van der Waals surface area contributed by atoms with E-state index in [9.17, 15) is 36.3 Å². The molecule has 1 heterocycles. The van der Waals surface area contributed by atoms with E-state index in [2.05, 4.69) is 4.74 Å². The summed E-state index contributed by atoms with van der Waals surface area (Å²) in [5.74, 6) is -2.74. The van der Waals surface area contributed by atoms with Crippen LogP contribution in [0.25, 0.3) is 0 Å². The standard InChI is InChI=1S/C26H32F3N3O8S/c1-2-39-19-8-6-18(7-9-19)4-3-5-22(23(33)24(34)30-36)25(35)31-14-16-32(17-15-31)41(37,38)21-12-10-20(11-13-21)40-26(27,28)29/h6-13,22-23,33,36H,2-5,14-17H2,1H3,(H,30,34)/t22-,23+/m1/s1. The van der Waals surface area contributed by atoms with Crippen molar-refractivity contribution in [2.75, 3.05) is 32.8 Å². The zero-order valence-electron chi connectivity index (χ0n) is 22.2. The fourth-order valence-corrected chi connectivity index (χ4v) is 5.88. The largest absolute Gasteiger partial charge is 0.573 e. The molecule has 1 fully saturated rings. The van der Waals surface area contributed by atoms with Crippen molar-refractivity contribution in [1.29, 1.82) is 0 Å². The minimum Gasteiger partial charge on any atom is -0.494 e. The van der Waals surface area contributed by atoms with E-state index in [0.29, 0.717) is 25.2 Å². The smallest absolute Gasteiger partial charge is 0.494 e. The minimum atomic E-state index is -4.91. The number of hydrogen-bond acceptors (Lipinski definition) is 8. The molecular weight excluding hydrogens is 571 g/mol. The summed E-state index contributed by atoms with van der Waals surface area (Å²) in [6, 6.07) is 11.2. The Labute approximate surface area is 235 Å². The van der Waals surface area contributed by atoms with Crippen LogP contribution in [0.1, 0.15) is 25.3 Å². The Hall–Kier alpha value is -3.40. The molecule has 0 aliphatic carbocycles. The van der Waals surface area contributed by atoms with Gasteiger partial charge in [0.05, 0.1) is 17.4 Å². The molecular formula is C26H32F3N3O8S. The first-order valence-corrected chi connectivity index (χ1v) is 14.3. The third-order valence-corrected chi connectivity index (χ3v) is 8.45. The molecule has 1 saturated heterocycles. The van der Waals surface area contributed by atoms with Gasteiger partial charge in [0.25, 0.3) is 5.91 Å². The maximum atomic E-state index is 13.3. The van der Waals surface area contributed by atoms with Crippen LogP contribution in [0.2, 0.25) is 0 Å². The van der Waals surface area contributed by atoms with Crippen LogP contribution in [-0.4, -0.2) is 85.0 Å². The molecule has 3 rings (SSSR count). The second-order valence-corrected chi connectivity index (χ2v) is 11.2. The number of amides is 2. The maximum Gasteiger partial charge on any atom is 0.573 e. The van der Waals surface area contributed by atoms with Crippen molar-refractivity contribution in [3.8, 4) is 11.5 Å². The Morgan fingerprint density at radius 2 is 1.59 bits per heavy atom. The van der Waals surface area contributed by atoms with E-state index in [-0.39, 0.29) is 37.5 Å². The number of nitrogens with one attached hydrogen (secondary N) is 1. The summed E-state index contributed by atoms with van der Waals surface area (Å²) in [4.78, 5) is 26.4. The van der Waals surface area contributed by atoms with Crippen LogP contribution in [-0.2, 0) is 26.0 Å². The van der Waals surface area contributed by atoms with Gasteiger partial charge in [-0.05, 0) is 68.1 Å². The van der Waals surface area contributed by atoms with E-state index in [4.69, 9.17) is 9.94 Å².